The highest BCUT2D eigenvalue weighted by Gasteiger charge is 2.18. The zero-order valence-corrected chi connectivity index (χ0v) is 12.3. The van der Waals surface area contributed by atoms with Gasteiger partial charge < -0.3 is 4.74 Å². The lowest BCUT2D eigenvalue weighted by Crippen LogP contribution is -2.06. The lowest BCUT2D eigenvalue weighted by atomic mass is 10.2. The van der Waals surface area contributed by atoms with E-state index in [9.17, 15) is 4.79 Å². The highest BCUT2D eigenvalue weighted by atomic mass is 35.5. The summed E-state index contributed by atoms with van der Waals surface area (Å²) >= 11 is 7.60. The standard InChI is InChI=1S/C16H11ClO2S/c1-10-6-8-11(9-7-10)19-16(18)15-14(17)12-4-2-3-5-13(12)20-15/h2-9H,1H3. The molecule has 0 atom stereocenters. The van der Waals surface area contributed by atoms with Crippen molar-refractivity contribution in [1.82, 2.24) is 0 Å². The molecule has 0 N–H and O–H groups in total. The average molecular weight is 303 g/mol. The molecule has 2 nitrogen and oxygen atoms in total. The fourth-order valence-corrected chi connectivity index (χ4v) is 3.29. The number of ether oxygens (including phenoxy) is 1. The Morgan fingerprint density at radius 3 is 2.50 bits per heavy atom. The maximum Gasteiger partial charge on any atom is 0.355 e. The summed E-state index contributed by atoms with van der Waals surface area (Å²) in [7, 11) is 0. The second-order valence-corrected chi connectivity index (χ2v) is 5.87. The molecule has 0 aliphatic carbocycles. The van der Waals surface area contributed by atoms with E-state index in [1.165, 1.54) is 11.3 Å². The fourth-order valence-electron chi connectivity index (χ4n) is 1.91. The molecule has 0 saturated heterocycles. The molecule has 0 spiro atoms. The third-order valence-electron chi connectivity index (χ3n) is 2.95. The summed E-state index contributed by atoms with van der Waals surface area (Å²) in [6.07, 6.45) is 0. The summed E-state index contributed by atoms with van der Waals surface area (Å²) in [5.41, 5.74) is 1.12. The number of esters is 1. The lowest BCUT2D eigenvalue weighted by Gasteiger charge is -2.03. The molecular formula is C16H11ClO2S. The Morgan fingerprint density at radius 1 is 1.10 bits per heavy atom. The van der Waals surface area contributed by atoms with Gasteiger partial charge in [0.25, 0.3) is 0 Å². The van der Waals surface area contributed by atoms with Crippen molar-refractivity contribution < 1.29 is 9.53 Å². The maximum atomic E-state index is 12.2. The van der Waals surface area contributed by atoms with Crippen LogP contribution in [0.5, 0.6) is 5.75 Å². The molecule has 0 fully saturated rings. The van der Waals surface area contributed by atoms with Crippen molar-refractivity contribution in [2.45, 2.75) is 6.92 Å². The van der Waals surface area contributed by atoms with Gasteiger partial charge in [-0.1, -0.05) is 47.5 Å². The number of carbonyl (C=O) groups is 1. The minimum Gasteiger partial charge on any atom is -0.422 e. The van der Waals surface area contributed by atoms with Crippen molar-refractivity contribution >= 4 is 39.0 Å². The number of rotatable bonds is 2. The first-order valence-electron chi connectivity index (χ1n) is 6.11. The van der Waals surface area contributed by atoms with Crippen LogP contribution in [0.2, 0.25) is 5.02 Å². The molecule has 3 aromatic rings. The lowest BCUT2D eigenvalue weighted by molar-refractivity contribution is 0.0740. The van der Waals surface area contributed by atoms with E-state index in [1.807, 2.05) is 43.3 Å². The predicted molar refractivity (Wildman–Crippen MR) is 83.0 cm³/mol. The molecule has 0 bridgehead atoms. The minimum absolute atomic E-state index is 0.417. The van der Waals surface area contributed by atoms with Crippen LogP contribution in [0.15, 0.2) is 48.5 Å². The number of carbonyl (C=O) groups excluding carboxylic acids is 1. The van der Waals surface area contributed by atoms with E-state index in [1.54, 1.807) is 12.1 Å². The highest BCUT2D eigenvalue weighted by Crippen LogP contribution is 2.35. The molecule has 0 amide bonds. The van der Waals surface area contributed by atoms with E-state index in [0.29, 0.717) is 15.6 Å². The van der Waals surface area contributed by atoms with E-state index in [2.05, 4.69) is 0 Å². The Morgan fingerprint density at radius 2 is 1.80 bits per heavy atom. The zero-order chi connectivity index (χ0) is 14.1. The van der Waals surface area contributed by atoms with Crippen molar-refractivity contribution in [1.29, 1.82) is 0 Å². The summed E-state index contributed by atoms with van der Waals surface area (Å²) in [5.74, 6) is 0.106. The molecule has 4 heteroatoms. The van der Waals surface area contributed by atoms with Crippen LogP contribution in [0.1, 0.15) is 15.2 Å². The van der Waals surface area contributed by atoms with Crippen molar-refractivity contribution in [3.8, 4) is 5.75 Å². The molecule has 100 valence electrons. The van der Waals surface area contributed by atoms with Gasteiger partial charge in [0.2, 0.25) is 0 Å². The molecular weight excluding hydrogens is 292 g/mol. The summed E-state index contributed by atoms with van der Waals surface area (Å²) < 4.78 is 6.33. The smallest absolute Gasteiger partial charge is 0.355 e. The number of halogens is 1. The van der Waals surface area contributed by atoms with Gasteiger partial charge in [0.1, 0.15) is 10.6 Å². The first-order valence-corrected chi connectivity index (χ1v) is 7.30. The van der Waals surface area contributed by atoms with Crippen molar-refractivity contribution in [3.63, 3.8) is 0 Å². The Kier molecular flexibility index (Phi) is 3.47. The first-order chi connectivity index (χ1) is 9.65. The quantitative estimate of drug-likeness (QED) is 0.487. The Balaban J connectivity index is 1.92. The molecule has 0 unspecified atom stereocenters. The average Bonchev–Trinajstić information content (AvgIpc) is 2.79. The zero-order valence-electron chi connectivity index (χ0n) is 10.7. The van der Waals surface area contributed by atoms with Gasteiger partial charge in [0.15, 0.2) is 0 Å². The summed E-state index contributed by atoms with van der Waals surface area (Å²) in [4.78, 5) is 12.6. The SMILES string of the molecule is Cc1ccc(OC(=O)c2sc3ccccc3c2Cl)cc1. The van der Waals surface area contributed by atoms with Crippen molar-refractivity contribution in [3.05, 3.63) is 64.0 Å². The number of benzene rings is 2. The second-order valence-electron chi connectivity index (χ2n) is 4.44. The van der Waals surface area contributed by atoms with Gasteiger partial charge >= 0.3 is 5.97 Å². The maximum absolute atomic E-state index is 12.2. The molecule has 0 radical (unpaired) electrons. The van der Waals surface area contributed by atoms with E-state index >= 15 is 0 Å². The van der Waals surface area contributed by atoms with Gasteiger partial charge in [-0.2, -0.15) is 0 Å². The third-order valence-corrected chi connectivity index (χ3v) is 4.61. The normalized spacial score (nSPS) is 10.7. The predicted octanol–water partition coefficient (Wildman–Crippen LogP) is 5.08. The summed E-state index contributed by atoms with van der Waals surface area (Å²) in [6.45, 7) is 1.98. The number of hydrogen-bond donors (Lipinski definition) is 0. The summed E-state index contributed by atoms with van der Waals surface area (Å²) in [6, 6.07) is 15.0. The van der Waals surface area contributed by atoms with Crippen LogP contribution in [-0.4, -0.2) is 5.97 Å². The van der Waals surface area contributed by atoms with E-state index < -0.39 is 5.97 Å². The molecule has 20 heavy (non-hydrogen) atoms. The van der Waals surface area contributed by atoms with Crippen LogP contribution < -0.4 is 4.74 Å². The van der Waals surface area contributed by atoms with Gasteiger partial charge in [-0.15, -0.1) is 11.3 Å². The Labute approximate surface area is 125 Å². The van der Waals surface area contributed by atoms with E-state index in [0.717, 1.165) is 15.6 Å². The van der Waals surface area contributed by atoms with Crippen molar-refractivity contribution in [2.75, 3.05) is 0 Å². The second kappa shape index (κ2) is 5.27. The van der Waals surface area contributed by atoms with Gasteiger partial charge in [-0.25, -0.2) is 4.79 Å². The fraction of sp³-hybridized carbons (Fsp3) is 0.0625. The number of fused-ring (bicyclic) bond motifs is 1. The van der Waals surface area contributed by atoms with Crippen LogP contribution >= 0.6 is 22.9 Å². The van der Waals surface area contributed by atoms with Crippen LogP contribution in [0, 0.1) is 6.92 Å². The highest BCUT2D eigenvalue weighted by molar-refractivity contribution is 7.21. The van der Waals surface area contributed by atoms with E-state index in [-0.39, 0.29) is 0 Å². The van der Waals surface area contributed by atoms with Gasteiger partial charge in [-0.3, -0.25) is 0 Å². The Bertz CT molecular complexity index is 775. The van der Waals surface area contributed by atoms with Gasteiger partial charge in [0.05, 0.1) is 5.02 Å². The monoisotopic (exact) mass is 302 g/mol. The molecule has 1 heterocycles. The molecule has 0 saturated carbocycles. The van der Waals surface area contributed by atoms with E-state index in [4.69, 9.17) is 16.3 Å². The topological polar surface area (TPSA) is 26.3 Å². The summed E-state index contributed by atoms with van der Waals surface area (Å²) in [5, 5.41) is 1.35. The van der Waals surface area contributed by atoms with Crippen LogP contribution in [0.25, 0.3) is 10.1 Å². The largest absolute Gasteiger partial charge is 0.422 e. The molecule has 1 aromatic heterocycles. The van der Waals surface area contributed by atoms with Crippen LogP contribution in [-0.2, 0) is 0 Å². The van der Waals surface area contributed by atoms with Crippen LogP contribution in [0.3, 0.4) is 0 Å². The Hall–Kier alpha value is -1.84. The van der Waals surface area contributed by atoms with Gasteiger partial charge in [-0.05, 0) is 25.1 Å². The number of hydrogen-bond acceptors (Lipinski definition) is 3. The first kappa shape index (κ1) is 13.2. The number of thiophene rings is 1. The molecule has 0 aliphatic heterocycles. The van der Waals surface area contributed by atoms with Gasteiger partial charge in [0, 0.05) is 10.1 Å². The third kappa shape index (κ3) is 2.42. The molecule has 2 aromatic carbocycles. The van der Waals surface area contributed by atoms with Crippen molar-refractivity contribution in [2.24, 2.45) is 0 Å². The minimum atomic E-state index is -0.417. The molecule has 0 aliphatic rings. The number of aryl methyl sites for hydroxylation is 1. The van der Waals surface area contributed by atoms with Crippen LogP contribution in [0.4, 0.5) is 0 Å². The molecule has 3 rings (SSSR count).